The number of hydrogen-bond donors (Lipinski definition) is 0. The lowest BCUT2D eigenvalue weighted by atomic mass is 9.68. The zero-order chi connectivity index (χ0) is 31.3. The summed E-state index contributed by atoms with van der Waals surface area (Å²) in [5.41, 5.74) is 10.5. The van der Waals surface area contributed by atoms with Gasteiger partial charge in [-0.1, -0.05) is 159 Å². The summed E-state index contributed by atoms with van der Waals surface area (Å²) in [7, 11) is 0. The summed E-state index contributed by atoms with van der Waals surface area (Å²) in [6.45, 7) is 4.76. The van der Waals surface area contributed by atoms with E-state index in [9.17, 15) is 0 Å². The molecule has 47 heavy (non-hydrogen) atoms. The first-order chi connectivity index (χ1) is 23.1. The topological polar surface area (TPSA) is 0 Å². The van der Waals surface area contributed by atoms with Crippen molar-refractivity contribution < 1.29 is 0 Å². The van der Waals surface area contributed by atoms with Gasteiger partial charge in [-0.2, -0.15) is 0 Å². The summed E-state index contributed by atoms with van der Waals surface area (Å²) < 4.78 is 0. The smallest absolute Gasteiger partial charge is 0.0159 e. The SMILES string of the molecule is CC1(C)c2ccccc2-c2cccc3c(-c4cc5c(-c6cccc7ccccc67)c6ccccc6cc5c5ccccc45)ccc1c23. The highest BCUT2D eigenvalue weighted by Crippen LogP contribution is 2.51. The Morgan fingerprint density at radius 2 is 0.936 bits per heavy atom. The van der Waals surface area contributed by atoms with Gasteiger partial charge in [0, 0.05) is 5.41 Å². The first-order valence-electron chi connectivity index (χ1n) is 16.6. The summed E-state index contributed by atoms with van der Waals surface area (Å²) in [6.07, 6.45) is 0. The molecule has 0 aliphatic heterocycles. The van der Waals surface area contributed by atoms with Crippen molar-refractivity contribution in [2.75, 3.05) is 0 Å². The molecule has 0 radical (unpaired) electrons. The molecule has 0 amide bonds. The fourth-order valence-electron chi connectivity index (χ4n) is 8.66. The van der Waals surface area contributed by atoms with Crippen molar-refractivity contribution in [1.29, 1.82) is 0 Å². The quantitative estimate of drug-likeness (QED) is 0.138. The Labute approximate surface area is 274 Å². The molecular formula is C47H32. The van der Waals surface area contributed by atoms with Crippen molar-refractivity contribution in [1.82, 2.24) is 0 Å². The number of benzene rings is 9. The fraction of sp³-hybridized carbons (Fsp3) is 0.0638. The van der Waals surface area contributed by atoms with Gasteiger partial charge in [0.25, 0.3) is 0 Å². The first kappa shape index (κ1) is 26.5. The van der Waals surface area contributed by atoms with Crippen LogP contribution in [0, 0.1) is 0 Å². The van der Waals surface area contributed by atoms with Crippen molar-refractivity contribution in [3.63, 3.8) is 0 Å². The van der Waals surface area contributed by atoms with E-state index >= 15 is 0 Å². The van der Waals surface area contributed by atoms with Crippen molar-refractivity contribution in [2.45, 2.75) is 19.3 Å². The monoisotopic (exact) mass is 596 g/mol. The van der Waals surface area contributed by atoms with E-state index < -0.39 is 0 Å². The van der Waals surface area contributed by atoms with E-state index in [4.69, 9.17) is 0 Å². The molecule has 0 heteroatoms. The normalized spacial score (nSPS) is 13.5. The number of hydrogen-bond acceptors (Lipinski definition) is 0. The van der Waals surface area contributed by atoms with Crippen LogP contribution in [0.5, 0.6) is 0 Å². The highest BCUT2D eigenvalue weighted by atomic mass is 14.4. The molecule has 0 atom stereocenters. The Kier molecular flexibility index (Phi) is 5.44. The van der Waals surface area contributed by atoms with Gasteiger partial charge in [0.2, 0.25) is 0 Å². The maximum Gasteiger partial charge on any atom is 0.0159 e. The molecule has 0 heterocycles. The van der Waals surface area contributed by atoms with E-state index in [1.807, 2.05) is 0 Å². The highest BCUT2D eigenvalue weighted by molar-refractivity contribution is 6.25. The lowest BCUT2D eigenvalue weighted by molar-refractivity contribution is 0.645. The van der Waals surface area contributed by atoms with Gasteiger partial charge in [-0.3, -0.25) is 0 Å². The van der Waals surface area contributed by atoms with Gasteiger partial charge >= 0.3 is 0 Å². The molecule has 0 nitrogen and oxygen atoms in total. The predicted octanol–water partition coefficient (Wildman–Crippen LogP) is 13.1. The second-order valence-corrected chi connectivity index (χ2v) is 13.6. The molecule has 0 N–H and O–H groups in total. The molecule has 0 saturated carbocycles. The molecule has 220 valence electrons. The van der Waals surface area contributed by atoms with E-state index in [-0.39, 0.29) is 5.41 Å². The van der Waals surface area contributed by atoms with E-state index in [1.165, 1.54) is 98.4 Å². The zero-order valence-corrected chi connectivity index (χ0v) is 26.5. The summed E-state index contributed by atoms with van der Waals surface area (Å²) in [4.78, 5) is 0. The van der Waals surface area contributed by atoms with Crippen LogP contribution in [0.15, 0.2) is 158 Å². The summed E-state index contributed by atoms with van der Waals surface area (Å²) >= 11 is 0. The molecule has 1 aliphatic carbocycles. The third-order valence-corrected chi connectivity index (χ3v) is 10.8. The van der Waals surface area contributed by atoms with Crippen molar-refractivity contribution in [3.8, 4) is 33.4 Å². The van der Waals surface area contributed by atoms with Gasteiger partial charge in [-0.15, -0.1) is 0 Å². The molecule has 0 saturated heterocycles. The Bertz CT molecular complexity index is 2750. The van der Waals surface area contributed by atoms with Crippen LogP contribution < -0.4 is 0 Å². The second kappa shape index (κ2) is 9.64. The lowest BCUT2D eigenvalue weighted by Gasteiger charge is -2.35. The van der Waals surface area contributed by atoms with Gasteiger partial charge in [-0.05, 0) is 111 Å². The molecule has 0 unspecified atom stereocenters. The van der Waals surface area contributed by atoms with Crippen LogP contribution in [-0.2, 0) is 5.41 Å². The zero-order valence-electron chi connectivity index (χ0n) is 26.5. The van der Waals surface area contributed by atoms with E-state index in [2.05, 4.69) is 172 Å². The van der Waals surface area contributed by atoms with Gasteiger partial charge in [0.15, 0.2) is 0 Å². The standard InChI is InChI=1S/C47H32/c1-47(2)43-24-10-9-20-36(43)39-23-12-22-38-35(25-26-44(47)46(38)39)41-28-42-40(33-18-7-8-19-34(33)41)27-30-14-4-6-17-32(30)45(42)37-21-11-15-29-13-3-5-16-31(29)37/h3-28H,1-2H3. The van der Waals surface area contributed by atoms with E-state index in [0.717, 1.165) is 0 Å². The molecule has 9 aromatic rings. The maximum absolute atomic E-state index is 2.49. The third kappa shape index (κ3) is 3.64. The van der Waals surface area contributed by atoms with Crippen molar-refractivity contribution in [3.05, 3.63) is 169 Å². The van der Waals surface area contributed by atoms with Gasteiger partial charge in [0.05, 0.1) is 0 Å². The molecule has 0 fully saturated rings. The maximum atomic E-state index is 2.49. The summed E-state index contributed by atoms with van der Waals surface area (Å²) in [6, 6.07) is 59.0. The average molecular weight is 597 g/mol. The molecule has 0 aromatic heterocycles. The lowest BCUT2D eigenvalue weighted by Crippen LogP contribution is -2.23. The average Bonchev–Trinajstić information content (AvgIpc) is 3.12. The summed E-state index contributed by atoms with van der Waals surface area (Å²) in [5, 5.41) is 13.0. The first-order valence-corrected chi connectivity index (χ1v) is 16.6. The molecular weight excluding hydrogens is 565 g/mol. The molecule has 10 rings (SSSR count). The number of rotatable bonds is 2. The third-order valence-electron chi connectivity index (χ3n) is 10.8. The van der Waals surface area contributed by atoms with Crippen LogP contribution >= 0.6 is 0 Å². The molecule has 0 spiro atoms. The fourth-order valence-corrected chi connectivity index (χ4v) is 8.66. The van der Waals surface area contributed by atoms with E-state index in [1.54, 1.807) is 0 Å². The predicted molar refractivity (Wildman–Crippen MR) is 202 cm³/mol. The number of fused-ring (bicyclic) bond motifs is 7. The molecule has 1 aliphatic rings. The van der Waals surface area contributed by atoms with Crippen LogP contribution in [0.4, 0.5) is 0 Å². The molecule has 9 aromatic carbocycles. The van der Waals surface area contributed by atoms with Gasteiger partial charge in [-0.25, -0.2) is 0 Å². The minimum Gasteiger partial charge on any atom is -0.0619 e. The van der Waals surface area contributed by atoms with Crippen molar-refractivity contribution >= 4 is 53.9 Å². The van der Waals surface area contributed by atoms with Crippen LogP contribution in [0.1, 0.15) is 25.0 Å². The Balaban J connectivity index is 1.37. The second-order valence-electron chi connectivity index (χ2n) is 13.6. The Hall–Kier alpha value is -5.72. The Morgan fingerprint density at radius 3 is 1.81 bits per heavy atom. The largest absolute Gasteiger partial charge is 0.0619 e. The van der Waals surface area contributed by atoms with Gasteiger partial charge < -0.3 is 0 Å². The minimum absolute atomic E-state index is 0.0897. The highest BCUT2D eigenvalue weighted by Gasteiger charge is 2.33. The molecule has 0 bridgehead atoms. The summed E-state index contributed by atoms with van der Waals surface area (Å²) in [5.74, 6) is 0. The van der Waals surface area contributed by atoms with Crippen LogP contribution in [0.25, 0.3) is 87.2 Å². The van der Waals surface area contributed by atoms with Crippen LogP contribution in [0.3, 0.4) is 0 Å². The van der Waals surface area contributed by atoms with Crippen LogP contribution in [-0.4, -0.2) is 0 Å². The van der Waals surface area contributed by atoms with E-state index in [0.29, 0.717) is 0 Å². The van der Waals surface area contributed by atoms with Gasteiger partial charge in [0.1, 0.15) is 0 Å². The van der Waals surface area contributed by atoms with Crippen LogP contribution in [0.2, 0.25) is 0 Å². The minimum atomic E-state index is -0.0897. The Morgan fingerprint density at radius 1 is 0.319 bits per heavy atom. The van der Waals surface area contributed by atoms with Crippen molar-refractivity contribution in [2.24, 2.45) is 0 Å².